The monoisotopic (exact) mass is 351 g/mol. The lowest BCUT2D eigenvalue weighted by atomic mass is 10.1. The maximum atomic E-state index is 13.1. The van der Waals surface area contributed by atoms with Gasteiger partial charge in [0.05, 0.1) is 24.3 Å². The number of ether oxygens (including phenoxy) is 1. The van der Waals surface area contributed by atoms with Crippen molar-refractivity contribution in [1.82, 2.24) is 19.9 Å². The number of rotatable bonds is 4. The molecule has 0 spiro atoms. The lowest BCUT2D eigenvalue weighted by molar-refractivity contribution is 0.163. The van der Waals surface area contributed by atoms with Gasteiger partial charge in [-0.05, 0) is 24.3 Å². The third-order valence-corrected chi connectivity index (χ3v) is 4.35. The van der Waals surface area contributed by atoms with E-state index in [-0.39, 0.29) is 11.9 Å². The molecule has 0 saturated carbocycles. The molecule has 0 atom stereocenters. The Morgan fingerprint density at radius 2 is 1.77 bits per heavy atom. The van der Waals surface area contributed by atoms with Crippen molar-refractivity contribution in [2.24, 2.45) is 0 Å². The average molecular weight is 351 g/mol. The maximum absolute atomic E-state index is 13.1. The molecule has 4 rings (SSSR count). The van der Waals surface area contributed by atoms with E-state index in [1.165, 1.54) is 12.1 Å². The fourth-order valence-corrected chi connectivity index (χ4v) is 2.99. The minimum absolute atomic E-state index is 0.121. The summed E-state index contributed by atoms with van der Waals surface area (Å²) >= 11 is 0. The van der Waals surface area contributed by atoms with Gasteiger partial charge in [0.2, 0.25) is 5.88 Å². The summed E-state index contributed by atoms with van der Waals surface area (Å²) in [5.74, 6) is 1.12. The molecule has 1 fully saturated rings. The fourth-order valence-electron chi connectivity index (χ4n) is 2.99. The molecule has 1 aliphatic heterocycles. The molecule has 3 aromatic rings. The molecule has 1 aromatic carbocycles. The van der Waals surface area contributed by atoms with E-state index in [1.807, 2.05) is 0 Å². The number of piperidine rings is 1. The number of anilines is 1. The summed E-state index contributed by atoms with van der Waals surface area (Å²) in [5.41, 5.74) is 1.59. The topological polar surface area (TPSA) is 64.0 Å². The van der Waals surface area contributed by atoms with E-state index < -0.39 is 0 Å². The van der Waals surface area contributed by atoms with Crippen LogP contribution in [-0.4, -0.2) is 39.1 Å². The van der Waals surface area contributed by atoms with Crippen LogP contribution >= 0.6 is 0 Å². The Labute approximate surface area is 150 Å². The first-order valence-electron chi connectivity index (χ1n) is 8.53. The Bertz CT molecular complexity index is 851. The molecular formula is C19H18FN5O. The summed E-state index contributed by atoms with van der Waals surface area (Å²) in [4.78, 5) is 19.3. The van der Waals surface area contributed by atoms with Crippen LogP contribution < -0.4 is 9.64 Å². The molecular weight excluding hydrogens is 333 g/mol. The van der Waals surface area contributed by atoms with Gasteiger partial charge in [0.1, 0.15) is 17.7 Å². The Morgan fingerprint density at radius 1 is 0.962 bits per heavy atom. The van der Waals surface area contributed by atoms with Crippen molar-refractivity contribution >= 4 is 5.82 Å². The van der Waals surface area contributed by atoms with Crippen molar-refractivity contribution in [2.45, 2.75) is 18.9 Å². The minimum atomic E-state index is -0.261. The molecule has 0 amide bonds. The lowest BCUT2D eigenvalue weighted by Gasteiger charge is -2.32. The molecule has 0 aliphatic carbocycles. The summed E-state index contributed by atoms with van der Waals surface area (Å²) in [5, 5.41) is 0. The Kier molecular flexibility index (Phi) is 4.68. The zero-order chi connectivity index (χ0) is 17.8. The van der Waals surface area contributed by atoms with Crippen molar-refractivity contribution in [3.8, 4) is 17.1 Å². The Morgan fingerprint density at radius 3 is 2.50 bits per heavy atom. The molecule has 6 nitrogen and oxygen atoms in total. The molecule has 7 heteroatoms. The number of aromatic nitrogens is 4. The van der Waals surface area contributed by atoms with E-state index in [0.717, 1.165) is 43.0 Å². The van der Waals surface area contributed by atoms with Gasteiger partial charge >= 0.3 is 0 Å². The SMILES string of the molecule is Fc1ccc(-c2cncc(N3CCC(Oc4cnccn4)CC3)n2)cc1. The van der Waals surface area contributed by atoms with Crippen LogP contribution in [0.2, 0.25) is 0 Å². The normalized spacial score (nSPS) is 15.0. The third-order valence-electron chi connectivity index (χ3n) is 4.35. The Balaban J connectivity index is 1.41. The second-order valence-electron chi connectivity index (χ2n) is 6.12. The molecule has 132 valence electrons. The predicted octanol–water partition coefficient (Wildman–Crippen LogP) is 3.12. The van der Waals surface area contributed by atoms with E-state index in [4.69, 9.17) is 4.74 Å². The van der Waals surface area contributed by atoms with Gasteiger partial charge in [-0.1, -0.05) is 0 Å². The van der Waals surface area contributed by atoms with E-state index in [2.05, 4.69) is 24.8 Å². The zero-order valence-corrected chi connectivity index (χ0v) is 14.1. The second-order valence-corrected chi connectivity index (χ2v) is 6.12. The fraction of sp³-hybridized carbons (Fsp3) is 0.263. The van der Waals surface area contributed by atoms with Crippen LogP contribution in [0, 0.1) is 5.82 Å². The van der Waals surface area contributed by atoms with Crippen LogP contribution in [0.1, 0.15) is 12.8 Å². The summed E-state index contributed by atoms with van der Waals surface area (Å²) in [6.45, 7) is 1.65. The van der Waals surface area contributed by atoms with Crippen molar-refractivity contribution in [3.05, 3.63) is 61.1 Å². The quantitative estimate of drug-likeness (QED) is 0.720. The molecule has 3 heterocycles. The van der Waals surface area contributed by atoms with Crippen LogP contribution in [0.4, 0.5) is 10.2 Å². The molecule has 0 N–H and O–H groups in total. The highest BCUT2D eigenvalue weighted by Crippen LogP contribution is 2.23. The number of benzene rings is 1. The van der Waals surface area contributed by atoms with E-state index >= 15 is 0 Å². The van der Waals surface area contributed by atoms with Gasteiger partial charge in [-0.2, -0.15) is 0 Å². The summed E-state index contributed by atoms with van der Waals surface area (Å²) in [7, 11) is 0. The second kappa shape index (κ2) is 7.43. The number of nitrogens with zero attached hydrogens (tertiary/aromatic N) is 5. The van der Waals surface area contributed by atoms with Gasteiger partial charge in [0, 0.05) is 43.9 Å². The predicted molar refractivity (Wildman–Crippen MR) is 95.3 cm³/mol. The molecule has 2 aromatic heterocycles. The van der Waals surface area contributed by atoms with Crippen LogP contribution in [0.15, 0.2) is 55.2 Å². The maximum Gasteiger partial charge on any atom is 0.232 e. The van der Waals surface area contributed by atoms with E-state index in [9.17, 15) is 4.39 Å². The first-order chi connectivity index (χ1) is 12.8. The van der Waals surface area contributed by atoms with Crippen molar-refractivity contribution in [3.63, 3.8) is 0 Å². The minimum Gasteiger partial charge on any atom is -0.473 e. The molecule has 26 heavy (non-hydrogen) atoms. The van der Waals surface area contributed by atoms with Crippen LogP contribution in [0.25, 0.3) is 11.3 Å². The largest absolute Gasteiger partial charge is 0.473 e. The number of hydrogen-bond acceptors (Lipinski definition) is 6. The molecule has 0 radical (unpaired) electrons. The molecule has 0 bridgehead atoms. The number of hydrogen-bond donors (Lipinski definition) is 0. The average Bonchev–Trinajstić information content (AvgIpc) is 2.70. The zero-order valence-electron chi connectivity index (χ0n) is 14.1. The van der Waals surface area contributed by atoms with Gasteiger partial charge in [-0.25, -0.2) is 14.4 Å². The van der Waals surface area contributed by atoms with Crippen LogP contribution in [0.5, 0.6) is 5.88 Å². The first-order valence-corrected chi connectivity index (χ1v) is 8.53. The van der Waals surface area contributed by atoms with Gasteiger partial charge in [0.15, 0.2) is 0 Å². The van der Waals surface area contributed by atoms with Crippen LogP contribution in [-0.2, 0) is 0 Å². The summed E-state index contributed by atoms with van der Waals surface area (Å²) < 4.78 is 19.0. The number of halogens is 1. The summed E-state index contributed by atoms with van der Waals surface area (Å²) in [6.07, 6.45) is 10.2. The highest BCUT2D eigenvalue weighted by Gasteiger charge is 2.22. The highest BCUT2D eigenvalue weighted by molar-refractivity contribution is 5.60. The van der Waals surface area contributed by atoms with Crippen molar-refractivity contribution in [2.75, 3.05) is 18.0 Å². The van der Waals surface area contributed by atoms with Crippen molar-refractivity contribution < 1.29 is 9.13 Å². The first kappa shape index (κ1) is 16.4. The van der Waals surface area contributed by atoms with Gasteiger partial charge in [-0.3, -0.25) is 9.97 Å². The van der Waals surface area contributed by atoms with Crippen LogP contribution in [0.3, 0.4) is 0 Å². The third kappa shape index (κ3) is 3.77. The lowest BCUT2D eigenvalue weighted by Crippen LogP contribution is -2.38. The van der Waals surface area contributed by atoms with Gasteiger partial charge < -0.3 is 9.64 Å². The standard InChI is InChI=1S/C19H18FN5O/c20-15-3-1-14(2-4-15)17-11-22-12-18(24-17)25-9-5-16(6-10-25)26-19-13-21-7-8-23-19/h1-4,7-8,11-13,16H,5-6,9-10H2. The molecule has 1 aliphatic rings. The smallest absolute Gasteiger partial charge is 0.232 e. The van der Waals surface area contributed by atoms with E-state index in [1.54, 1.807) is 43.1 Å². The van der Waals surface area contributed by atoms with Gasteiger partial charge in [0.25, 0.3) is 0 Å². The summed E-state index contributed by atoms with van der Waals surface area (Å²) in [6, 6.07) is 6.28. The molecule has 0 unspecified atom stereocenters. The van der Waals surface area contributed by atoms with E-state index in [0.29, 0.717) is 5.88 Å². The Hall–Kier alpha value is -3.09. The highest BCUT2D eigenvalue weighted by atomic mass is 19.1. The van der Waals surface area contributed by atoms with Crippen molar-refractivity contribution in [1.29, 1.82) is 0 Å². The molecule has 1 saturated heterocycles. The van der Waals surface area contributed by atoms with Gasteiger partial charge in [-0.15, -0.1) is 0 Å².